The number of rotatable bonds is 4. The third-order valence-electron chi connectivity index (χ3n) is 5.34. The van der Waals surface area contributed by atoms with Crippen LogP contribution < -0.4 is 11.4 Å². The molecule has 0 spiro atoms. The van der Waals surface area contributed by atoms with Crippen LogP contribution in [0.5, 0.6) is 0 Å². The van der Waals surface area contributed by atoms with Crippen molar-refractivity contribution >= 4 is 23.5 Å². The maximum absolute atomic E-state index is 13.6. The van der Waals surface area contributed by atoms with Crippen LogP contribution in [0.15, 0.2) is 11.0 Å². The summed E-state index contributed by atoms with van der Waals surface area (Å²) in [5.74, 6) is -0.0872. The van der Waals surface area contributed by atoms with Gasteiger partial charge in [-0.1, -0.05) is 27.2 Å². The Morgan fingerprint density at radius 3 is 2.93 bits per heavy atom. The van der Waals surface area contributed by atoms with Gasteiger partial charge in [0.2, 0.25) is 5.44 Å². The number of carbonyl (C=O) groups is 1. The highest BCUT2D eigenvalue weighted by molar-refractivity contribution is 8.00. The maximum atomic E-state index is 13.6. The average molecular weight is 399 g/mol. The minimum atomic E-state index is -0.840. The molecule has 2 fully saturated rings. The van der Waals surface area contributed by atoms with E-state index in [1.54, 1.807) is 0 Å². The van der Waals surface area contributed by atoms with Crippen molar-refractivity contribution in [3.8, 4) is 0 Å². The van der Waals surface area contributed by atoms with Crippen molar-refractivity contribution in [2.24, 2.45) is 17.8 Å². The second kappa shape index (κ2) is 8.18. The molecule has 2 heterocycles. The third kappa shape index (κ3) is 4.45. The Bertz CT molecular complexity index is 757. The summed E-state index contributed by atoms with van der Waals surface area (Å²) in [5.41, 5.74) is 3.74. The second-order valence-corrected chi connectivity index (χ2v) is 8.82. The lowest BCUT2D eigenvalue weighted by atomic mass is 9.75. The molecule has 0 aromatic carbocycles. The molecule has 3 rings (SSSR count). The lowest BCUT2D eigenvalue weighted by Gasteiger charge is -2.37. The van der Waals surface area contributed by atoms with E-state index in [1.807, 2.05) is 0 Å². The van der Waals surface area contributed by atoms with Crippen LogP contribution in [0.1, 0.15) is 46.3 Å². The molecule has 1 aromatic heterocycles. The molecule has 27 heavy (non-hydrogen) atoms. The summed E-state index contributed by atoms with van der Waals surface area (Å²) in [6.07, 6.45) is 3.09. The van der Waals surface area contributed by atoms with Gasteiger partial charge in [0.1, 0.15) is 12.3 Å². The summed E-state index contributed by atoms with van der Waals surface area (Å²) in [5, 5.41) is 0. The number of halogens is 1. The lowest BCUT2D eigenvalue weighted by molar-refractivity contribution is -0.166. The van der Waals surface area contributed by atoms with Gasteiger partial charge in [0.15, 0.2) is 11.6 Å². The van der Waals surface area contributed by atoms with Crippen LogP contribution in [-0.2, 0) is 14.3 Å². The highest BCUT2D eigenvalue weighted by Crippen LogP contribution is 2.37. The van der Waals surface area contributed by atoms with E-state index < -0.39 is 35.0 Å². The van der Waals surface area contributed by atoms with E-state index in [-0.39, 0.29) is 6.10 Å². The standard InChI is InChI=1S/C18H26FN3O4S/c1-9(2)11-5-4-10(3)6-13(11)25-16(23)17-26-14(8-27-17)22-7-12(19)15(20)21-18(22)24/h7,9-11,13-14,17H,4-6,8H2,1-3H3,(H2,20,21,24)/t10-,11+,13-,14?,17?/m0/s1. The number of nitrogen functional groups attached to an aromatic ring is 1. The van der Waals surface area contributed by atoms with E-state index in [9.17, 15) is 14.0 Å². The Labute approximate surface area is 161 Å². The van der Waals surface area contributed by atoms with E-state index in [0.29, 0.717) is 23.5 Å². The van der Waals surface area contributed by atoms with Gasteiger partial charge in [-0.3, -0.25) is 4.57 Å². The third-order valence-corrected chi connectivity index (χ3v) is 6.42. The van der Waals surface area contributed by atoms with Gasteiger partial charge in [0, 0.05) is 5.75 Å². The van der Waals surface area contributed by atoms with Crippen molar-refractivity contribution in [1.29, 1.82) is 0 Å². The Kier molecular flexibility index (Phi) is 6.10. The Hall–Kier alpha value is -1.61. The van der Waals surface area contributed by atoms with E-state index >= 15 is 0 Å². The monoisotopic (exact) mass is 399 g/mol. The van der Waals surface area contributed by atoms with Gasteiger partial charge >= 0.3 is 11.7 Å². The van der Waals surface area contributed by atoms with Gasteiger partial charge in [-0.2, -0.15) is 4.98 Å². The Balaban J connectivity index is 1.65. The summed E-state index contributed by atoms with van der Waals surface area (Å²) in [6, 6.07) is 0. The van der Waals surface area contributed by atoms with E-state index in [4.69, 9.17) is 15.2 Å². The molecule has 1 saturated heterocycles. The van der Waals surface area contributed by atoms with Crippen LogP contribution in [0.4, 0.5) is 10.2 Å². The molecule has 5 atom stereocenters. The molecule has 9 heteroatoms. The summed E-state index contributed by atoms with van der Waals surface area (Å²) < 4.78 is 26.1. The number of aromatic nitrogens is 2. The van der Waals surface area contributed by atoms with Crippen LogP contribution in [0, 0.1) is 23.6 Å². The molecule has 2 unspecified atom stereocenters. The van der Waals surface area contributed by atoms with Gasteiger partial charge < -0.3 is 15.2 Å². The lowest BCUT2D eigenvalue weighted by Crippen LogP contribution is -2.38. The molecule has 150 valence electrons. The summed E-state index contributed by atoms with van der Waals surface area (Å²) in [7, 11) is 0. The van der Waals surface area contributed by atoms with Crippen LogP contribution in [0.2, 0.25) is 0 Å². The van der Waals surface area contributed by atoms with Crippen LogP contribution in [-0.4, -0.2) is 32.8 Å². The van der Waals surface area contributed by atoms with Crippen LogP contribution >= 0.6 is 11.8 Å². The Morgan fingerprint density at radius 1 is 1.48 bits per heavy atom. The number of esters is 1. The van der Waals surface area contributed by atoms with Crippen LogP contribution in [0.25, 0.3) is 0 Å². The summed E-state index contributed by atoms with van der Waals surface area (Å²) in [4.78, 5) is 28.0. The molecule has 0 radical (unpaired) electrons. The zero-order valence-electron chi connectivity index (χ0n) is 15.8. The molecule has 7 nitrogen and oxygen atoms in total. The highest BCUT2D eigenvalue weighted by Gasteiger charge is 2.39. The van der Waals surface area contributed by atoms with Gasteiger partial charge in [0.05, 0.1) is 6.20 Å². The smallest absolute Gasteiger partial charge is 0.351 e. The van der Waals surface area contributed by atoms with Gasteiger partial charge in [-0.25, -0.2) is 14.0 Å². The molecular formula is C18H26FN3O4S. The van der Waals surface area contributed by atoms with Gasteiger partial charge in [-0.05, 0) is 30.6 Å². The molecule has 1 aliphatic carbocycles. The normalized spacial score (nSPS) is 31.2. The fourth-order valence-corrected chi connectivity index (χ4v) is 4.76. The zero-order valence-corrected chi connectivity index (χ0v) is 16.6. The van der Waals surface area contributed by atoms with E-state index in [0.717, 1.165) is 30.0 Å². The first-order valence-electron chi connectivity index (χ1n) is 9.28. The van der Waals surface area contributed by atoms with Crippen molar-refractivity contribution in [2.45, 2.75) is 57.8 Å². The minimum absolute atomic E-state index is 0.122. The number of nitrogens with zero attached hydrogens (tertiary/aromatic N) is 2. The first-order valence-corrected chi connectivity index (χ1v) is 10.3. The Morgan fingerprint density at radius 2 is 2.22 bits per heavy atom. The first-order chi connectivity index (χ1) is 12.8. The van der Waals surface area contributed by atoms with Gasteiger partial charge in [-0.15, -0.1) is 11.8 Å². The minimum Gasteiger partial charge on any atom is -0.459 e. The molecule has 1 aromatic rings. The van der Waals surface area contributed by atoms with Crippen LogP contribution in [0.3, 0.4) is 0 Å². The molecular weight excluding hydrogens is 373 g/mol. The first kappa shape index (κ1) is 20.1. The maximum Gasteiger partial charge on any atom is 0.351 e. The summed E-state index contributed by atoms with van der Waals surface area (Å²) >= 11 is 1.23. The average Bonchev–Trinajstić information content (AvgIpc) is 3.08. The summed E-state index contributed by atoms with van der Waals surface area (Å²) in [6.45, 7) is 6.46. The van der Waals surface area contributed by atoms with Crippen molar-refractivity contribution < 1.29 is 18.7 Å². The largest absolute Gasteiger partial charge is 0.459 e. The number of nitrogens with two attached hydrogens (primary N) is 1. The fraction of sp³-hybridized carbons (Fsp3) is 0.722. The fourth-order valence-electron chi connectivity index (χ4n) is 3.78. The van der Waals surface area contributed by atoms with Crippen molar-refractivity contribution in [1.82, 2.24) is 9.55 Å². The molecule has 1 aliphatic heterocycles. The number of carbonyl (C=O) groups excluding carboxylic acids is 1. The molecule has 2 aliphatic rings. The predicted molar refractivity (Wildman–Crippen MR) is 100 cm³/mol. The van der Waals surface area contributed by atoms with Crippen molar-refractivity contribution in [3.05, 3.63) is 22.5 Å². The van der Waals surface area contributed by atoms with E-state index in [2.05, 4.69) is 25.8 Å². The van der Waals surface area contributed by atoms with Crippen molar-refractivity contribution in [2.75, 3.05) is 11.5 Å². The number of hydrogen-bond donors (Lipinski definition) is 1. The molecule has 0 bridgehead atoms. The number of thioether (sulfide) groups is 1. The molecule has 0 amide bonds. The topological polar surface area (TPSA) is 96.4 Å². The van der Waals surface area contributed by atoms with Gasteiger partial charge in [0.25, 0.3) is 0 Å². The second-order valence-electron chi connectivity index (χ2n) is 7.72. The predicted octanol–water partition coefficient (Wildman–Crippen LogP) is 2.56. The quantitative estimate of drug-likeness (QED) is 0.777. The van der Waals surface area contributed by atoms with E-state index in [1.165, 1.54) is 11.8 Å². The highest BCUT2D eigenvalue weighted by atomic mass is 32.2. The number of anilines is 1. The number of hydrogen-bond acceptors (Lipinski definition) is 7. The molecule has 2 N–H and O–H groups in total. The zero-order chi connectivity index (χ0) is 19.7. The number of ether oxygens (including phenoxy) is 2. The van der Waals surface area contributed by atoms with Crippen molar-refractivity contribution in [3.63, 3.8) is 0 Å². The SMILES string of the molecule is CC(C)[C@H]1CC[C@H](C)C[C@@H]1OC(=O)C1OC(n2cc(F)c(N)nc2=O)CS1. The molecule has 1 saturated carbocycles.